The molecule has 2 aromatic rings. The average Bonchev–Trinajstić information content (AvgIpc) is 3.11. The molecule has 0 bridgehead atoms. The molecular weight excluding hydrogens is 412 g/mol. The molecule has 2 aliphatic heterocycles. The van der Waals surface area contributed by atoms with Crippen molar-refractivity contribution in [2.45, 2.75) is 50.3 Å². The van der Waals surface area contributed by atoms with Gasteiger partial charge in [0.2, 0.25) is 0 Å². The Kier molecular flexibility index (Phi) is 4.02. The van der Waals surface area contributed by atoms with E-state index in [9.17, 15) is 0 Å². The molecular formula is C21H20BrClN2O. The monoisotopic (exact) mass is 430 g/mol. The van der Waals surface area contributed by atoms with Crippen LogP contribution in [-0.4, -0.2) is 16.4 Å². The molecule has 1 spiro atoms. The Bertz CT molecular complexity index is 874. The van der Waals surface area contributed by atoms with E-state index in [1.165, 1.54) is 24.8 Å². The van der Waals surface area contributed by atoms with Crippen molar-refractivity contribution >= 4 is 33.2 Å². The quantitative estimate of drug-likeness (QED) is 0.529. The lowest BCUT2D eigenvalue weighted by molar-refractivity contribution is -0.140. The van der Waals surface area contributed by atoms with E-state index in [2.05, 4.69) is 45.2 Å². The van der Waals surface area contributed by atoms with Crippen LogP contribution in [0.4, 0.5) is 0 Å². The average molecular weight is 432 g/mol. The fourth-order valence-electron chi connectivity index (χ4n) is 4.50. The van der Waals surface area contributed by atoms with Crippen LogP contribution < -0.4 is 4.74 Å². The standard InChI is InChI=1S/C21H20BrClN2O/c22-15-6-4-14(5-7-15)18-13-19-17-12-16(23)8-9-20(17)26-21(25(19)24-18)10-2-1-3-11-21/h4-9,12,19H,1-3,10-11,13H2/t19-/m1/s1. The summed E-state index contributed by atoms with van der Waals surface area (Å²) < 4.78 is 7.67. The molecule has 1 saturated carbocycles. The van der Waals surface area contributed by atoms with Gasteiger partial charge >= 0.3 is 0 Å². The van der Waals surface area contributed by atoms with Crippen molar-refractivity contribution in [3.05, 3.63) is 63.1 Å². The summed E-state index contributed by atoms with van der Waals surface area (Å²) in [6.07, 6.45) is 6.61. The van der Waals surface area contributed by atoms with Crippen LogP contribution in [0.3, 0.4) is 0 Å². The van der Waals surface area contributed by atoms with Gasteiger partial charge in [0.25, 0.3) is 0 Å². The summed E-state index contributed by atoms with van der Waals surface area (Å²) in [6.45, 7) is 0. The second-order valence-electron chi connectivity index (χ2n) is 7.41. The van der Waals surface area contributed by atoms with Crippen LogP contribution in [0.2, 0.25) is 5.02 Å². The minimum atomic E-state index is -0.305. The lowest BCUT2D eigenvalue weighted by Crippen LogP contribution is -2.54. The Morgan fingerprint density at radius 2 is 1.85 bits per heavy atom. The zero-order chi connectivity index (χ0) is 17.7. The number of hydrogen-bond acceptors (Lipinski definition) is 3. The summed E-state index contributed by atoms with van der Waals surface area (Å²) in [5, 5.41) is 8.09. The number of hydrogen-bond donors (Lipinski definition) is 0. The van der Waals surface area contributed by atoms with Crippen LogP contribution >= 0.6 is 27.5 Å². The van der Waals surface area contributed by atoms with Crippen molar-refractivity contribution in [1.29, 1.82) is 0 Å². The number of hydrazone groups is 1. The highest BCUT2D eigenvalue weighted by atomic mass is 79.9. The maximum absolute atomic E-state index is 6.59. The van der Waals surface area contributed by atoms with Gasteiger partial charge in [0.05, 0.1) is 11.8 Å². The molecule has 5 heteroatoms. The molecule has 0 radical (unpaired) electrons. The SMILES string of the molecule is Clc1ccc2c(c1)[C@H]1CC(c3ccc(Br)cc3)=NN1C1(CCCCC1)O2. The van der Waals surface area contributed by atoms with Crippen LogP contribution in [0.15, 0.2) is 52.0 Å². The Labute approximate surface area is 167 Å². The van der Waals surface area contributed by atoms with Crippen molar-refractivity contribution in [3.63, 3.8) is 0 Å². The van der Waals surface area contributed by atoms with Gasteiger partial charge < -0.3 is 4.74 Å². The topological polar surface area (TPSA) is 24.8 Å². The molecule has 0 N–H and O–H groups in total. The van der Waals surface area contributed by atoms with Crippen LogP contribution in [0, 0.1) is 0 Å². The molecule has 0 aromatic heterocycles. The van der Waals surface area contributed by atoms with E-state index in [1.807, 2.05) is 18.2 Å². The first kappa shape index (κ1) is 16.6. The summed E-state index contributed by atoms with van der Waals surface area (Å²) in [5.74, 6) is 0.977. The summed E-state index contributed by atoms with van der Waals surface area (Å²) in [7, 11) is 0. The molecule has 1 fully saturated rings. The fraction of sp³-hybridized carbons (Fsp3) is 0.381. The van der Waals surface area contributed by atoms with Crippen molar-refractivity contribution in [3.8, 4) is 5.75 Å². The largest absolute Gasteiger partial charge is 0.466 e. The zero-order valence-electron chi connectivity index (χ0n) is 14.4. The van der Waals surface area contributed by atoms with Gasteiger partial charge in [0, 0.05) is 34.3 Å². The molecule has 134 valence electrons. The van der Waals surface area contributed by atoms with Crippen LogP contribution in [0.5, 0.6) is 5.75 Å². The van der Waals surface area contributed by atoms with Crippen molar-refractivity contribution in [1.82, 2.24) is 5.01 Å². The predicted octanol–water partition coefficient (Wildman–Crippen LogP) is 6.31. The normalized spacial score (nSPS) is 23.2. The van der Waals surface area contributed by atoms with Crippen molar-refractivity contribution in [2.24, 2.45) is 5.10 Å². The lowest BCUT2D eigenvalue weighted by Gasteiger charge is -2.49. The smallest absolute Gasteiger partial charge is 0.198 e. The first-order valence-corrected chi connectivity index (χ1v) is 10.4. The number of fused-ring (bicyclic) bond motifs is 4. The van der Waals surface area contributed by atoms with Gasteiger partial charge in [-0.25, -0.2) is 5.01 Å². The number of nitrogens with zero attached hydrogens (tertiary/aromatic N) is 2. The second kappa shape index (κ2) is 6.28. The second-order valence-corrected chi connectivity index (χ2v) is 8.76. The van der Waals surface area contributed by atoms with Gasteiger partial charge in [-0.15, -0.1) is 0 Å². The van der Waals surface area contributed by atoms with Crippen LogP contribution in [-0.2, 0) is 0 Å². The number of halogens is 2. The Hall–Kier alpha value is -1.52. The molecule has 2 aromatic carbocycles. The molecule has 26 heavy (non-hydrogen) atoms. The minimum Gasteiger partial charge on any atom is -0.466 e. The molecule has 3 nitrogen and oxygen atoms in total. The van der Waals surface area contributed by atoms with Gasteiger partial charge in [-0.3, -0.25) is 0 Å². The first-order chi connectivity index (χ1) is 12.6. The summed E-state index contributed by atoms with van der Waals surface area (Å²) >= 11 is 9.82. The maximum atomic E-state index is 6.59. The number of rotatable bonds is 1. The molecule has 1 atom stereocenters. The third-order valence-corrected chi connectivity index (χ3v) is 6.53. The van der Waals surface area contributed by atoms with Gasteiger partial charge in [-0.2, -0.15) is 5.10 Å². The van der Waals surface area contributed by atoms with Crippen LogP contribution in [0.1, 0.15) is 55.7 Å². The van der Waals surface area contributed by atoms with Crippen LogP contribution in [0.25, 0.3) is 0 Å². The van der Waals surface area contributed by atoms with Crippen molar-refractivity contribution < 1.29 is 4.74 Å². The van der Waals surface area contributed by atoms with E-state index in [4.69, 9.17) is 21.4 Å². The Morgan fingerprint density at radius 3 is 2.62 bits per heavy atom. The maximum Gasteiger partial charge on any atom is 0.198 e. The number of ether oxygens (including phenoxy) is 1. The predicted molar refractivity (Wildman–Crippen MR) is 108 cm³/mol. The van der Waals surface area contributed by atoms with Gasteiger partial charge in [0.1, 0.15) is 5.75 Å². The minimum absolute atomic E-state index is 0.203. The molecule has 0 unspecified atom stereocenters. The fourth-order valence-corrected chi connectivity index (χ4v) is 4.95. The van der Waals surface area contributed by atoms with E-state index in [0.29, 0.717) is 0 Å². The highest BCUT2D eigenvalue weighted by molar-refractivity contribution is 9.10. The summed E-state index contributed by atoms with van der Waals surface area (Å²) in [6, 6.07) is 14.6. The molecule has 1 aliphatic carbocycles. The van der Waals surface area contributed by atoms with E-state index in [1.54, 1.807) is 0 Å². The lowest BCUT2D eigenvalue weighted by atomic mass is 9.86. The third kappa shape index (κ3) is 2.66. The van der Waals surface area contributed by atoms with Gasteiger partial charge in [-0.05, 0) is 48.7 Å². The van der Waals surface area contributed by atoms with Crippen molar-refractivity contribution in [2.75, 3.05) is 0 Å². The summed E-state index contributed by atoms with van der Waals surface area (Å²) in [4.78, 5) is 0. The molecule has 3 aliphatic rings. The van der Waals surface area contributed by atoms with Gasteiger partial charge in [0.15, 0.2) is 5.72 Å². The summed E-state index contributed by atoms with van der Waals surface area (Å²) in [5.41, 5.74) is 3.16. The zero-order valence-corrected chi connectivity index (χ0v) is 16.8. The molecule has 2 heterocycles. The molecule has 0 amide bonds. The van der Waals surface area contributed by atoms with E-state index in [-0.39, 0.29) is 11.8 Å². The van der Waals surface area contributed by atoms with E-state index < -0.39 is 0 Å². The Balaban J connectivity index is 1.60. The molecule has 5 rings (SSSR count). The highest BCUT2D eigenvalue weighted by Crippen LogP contribution is 2.51. The number of benzene rings is 2. The van der Waals surface area contributed by atoms with E-state index >= 15 is 0 Å². The Morgan fingerprint density at radius 1 is 1.08 bits per heavy atom. The third-order valence-electron chi connectivity index (χ3n) is 5.77. The first-order valence-electron chi connectivity index (χ1n) is 9.26. The highest BCUT2D eigenvalue weighted by Gasteiger charge is 2.50. The van der Waals surface area contributed by atoms with Gasteiger partial charge in [-0.1, -0.05) is 46.1 Å². The van der Waals surface area contributed by atoms with E-state index in [0.717, 1.165) is 45.8 Å². The molecule has 0 saturated heterocycles.